The van der Waals surface area contributed by atoms with Crippen LogP contribution in [0.5, 0.6) is 0 Å². The zero-order chi connectivity index (χ0) is 11.5. The Morgan fingerprint density at radius 1 is 1.44 bits per heavy atom. The number of hydrogen-bond acceptors (Lipinski definition) is 3. The third kappa shape index (κ3) is 1.35. The average molecular weight is 234 g/mol. The van der Waals surface area contributed by atoms with Crippen LogP contribution in [-0.2, 0) is 4.57 Å². The zero-order valence-corrected chi connectivity index (χ0v) is 10.4. The molecular formula is C12H15N2OP. The molecule has 1 aromatic rings. The van der Waals surface area contributed by atoms with Gasteiger partial charge in [0.05, 0.1) is 11.0 Å². The Balaban J connectivity index is 2.29. The van der Waals surface area contributed by atoms with E-state index in [2.05, 4.69) is 4.99 Å². The SMILES string of the molecule is CP(C)(=O)c1c(N)ccc2c1N=CC1CC21. The van der Waals surface area contributed by atoms with Crippen LogP contribution in [0.2, 0.25) is 0 Å². The van der Waals surface area contributed by atoms with Crippen molar-refractivity contribution in [2.75, 3.05) is 19.1 Å². The molecule has 84 valence electrons. The first-order chi connectivity index (χ1) is 7.48. The summed E-state index contributed by atoms with van der Waals surface area (Å²) < 4.78 is 12.3. The van der Waals surface area contributed by atoms with Crippen LogP contribution in [-0.4, -0.2) is 19.5 Å². The van der Waals surface area contributed by atoms with E-state index in [1.54, 1.807) is 13.3 Å². The molecule has 4 heteroatoms. The van der Waals surface area contributed by atoms with Crippen molar-refractivity contribution in [2.24, 2.45) is 10.9 Å². The number of hydrogen-bond donors (Lipinski definition) is 1. The van der Waals surface area contributed by atoms with Crippen LogP contribution >= 0.6 is 7.14 Å². The lowest BCUT2D eigenvalue weighted by atomic mass is 10.0. The van der Waals surface area contributed by atoms with Gasteiger partial charge in [-0.3, -0.25) is 4.99 Å². The van der Waals surface area contributed by atoms with E-state index in [9.17, 15) is 4.57 Å². The summed E-state index contributed by atoms with van der Waals surface area (Å²) in [5, 5.41) is 0.770. The summed E-state index contributed by atoms with van der Waals surface area (Å²) in [6.07, 6.45) is 3.17. The maximum atomic E-state index is 12.3. The Bertz CT molecular complexity index is 544. The van der Waals surface area contributed by atoms with Gasteiger partial charge in [-0.05, 0) is 37.3 Å². The molecule has 0 amide bonds. The maximum absolute atomic E-state index is 12.3. The molecule has 2 aliphatic rings. The smallest absolute Gasteiger partial charge is 0.113 e. The number of benzene rings is 1. The van der Waals surface area contributed by atoms with Gasteiger partial charge in [0, 0.05) is 17.8 Å². The number of rotatable bonds is 1. The summed E-state index contributed by atoms with van der Waals surface area (Å²) >= 11 is 0. The van der Waals surface area contributed by atoms with Crippen LogP contribution < -0.4 is 11.0 Å². The normalized spacial score (nSPS) is 26.1. The second-order valence-corrected chi connectivity index (χ2v) is 8.23. The van der Waals surface area contributed by atoms with Crippen LogP contribution in [0.15, 0.2) is 17.1 Å². The average Bonchev–Trinajstić information content (AvgIpc) is 2.93. The number of anilines is 1. The van der Waals surface area contributed by atoms with Gasteiger partial charge in [-0.2, -0.15) is 0 Å². The minimum absolute atomic E-state index is 0.596. The van der Waals surface area contributed by atoms with Crippen molar-refractivity contribution in [1.82, 2.24) is 0 Å². The first kappa shape index (κ1) is 10.1. The topological polar surface area (TPSA) is 55.5 Å². The van der Waals surface area contributed by atoms with E-state index >= 15 is 0 Å². The first-order valence-corrected chi connectivity index (χ1v) is 8.10. The fourth-order valence-corrected chi connectivity index (χ4v) is 3.91. The third-order valence-electron chi connectivity index (χ3n) is 3.39. The van der Waals surface area contributed by atoms with Crippen LogP contribution in [0.1, 0.15) is 17.9 Å². The number of fused-ring (bicyclic) bond motifs is 3. The Labute approximate surface area is 95.1 Å². The zero-order valence-electron chi connectivity index (χ0n) is 9.47. The maximum Gasteiger partial charge on any atom is 0.113 e. The lowest BCUT2D eigenvalue weighted by Crippen LogP contribution is -2.13. The largest absolute Gasteiger partial charge is 0.398 e. The molecule has 2 N–H and O–H groups in total. The number of nitrogens with two attached hydrogens (primary N) is 1. The minimum Gasteiger partial charge on any atom is -0.398 e. The molecule has 0 saturated heterocycles. The fraction of sp³-hybridized carbons (Fsp3) is 0.417. The third-order valence-corrected chi connectivity index (χ3v) is 4.93. The van der Waals surface area contributed by atoms with Crippen molar-refractivity contribution in [3.63, 3.8) is 0 Å². The van der Waals surface area contributed by atoms with Gasteiger partial charge in [0.2, 0.25) is 0 Å². The number of aliphatic imine (C=N–C) groups is 1. The van der Waals surface area contributed by atoms with Gasteiger partial charge in [0.1, 0.15) is 7.14 Å². The van der Waals surface area contributed by atoms with Crippen molar-refractivity contribution < 1.29 is 4.57 Å². The van der Waals surface area contributed by atoms with Crippen LogP contribution in [0.4, 0.5) is 11.4 Å². The van der Waals surface area contributed by atoms with Crippen LogP contribution in [0, 0.1) is 5.92 Å². The van der Waals surface area contributed by atoms with Gasteiger partial charge < -0.3 is 10.3 Å². The second kappa shape index (κ2) is 2.98. The molecule has 3 rings (SSSR count). The lowest BCUT2D eigenvalue weighted by molar-refractivity contribution is 0.588. The Hall–Kier alpha value is -1.08. The molecule has 0 aromatic heterocycles. The summed E-state index contributed by atoms with van der Waals surface area (Å²) in [5.41, 5.74) is 8.68. The highest BCUT2D eigenvalue weighted by Gasteiger charge is 2.42. The van der Waals surface area contributed by atoms with E-state index in [1.165, 1.54) is 12.0 Å². The van der Waals surface area contributed by atoms with Gasteiger partial charge in [0.25, 0.3) is 0 Å². The van der Waals surface area contributed by atoms with Crippen molar-refractivity contribution in [1.29, 1.82) is 0 Å². The highest BCUT2D eigenvalue weighted by molar-refractivity contribution is 7.70. The predicted molar refractivity (Wildman–Crippen MR) is 68.9 cm³/mol. The molecule has 1 aromatic carbocycles. The number of nitrogens with zero attached hydrogens (tertiary/aromatic N) is 1. The summed E-state index contributed by atoms with van der Waals surface area (Å²) in [6, 6.07) is 3.93. The molecule has 2 unspecified atom stereocenters. The molecule has 1 aliphatic heterocycles. The van der Waals surface area contributed by atoms with Crippen LogP contribution in [0.3, 0.4) is 0 Å². The first-order valence-electron chi connectivity index (χ1n) is 5.50. The molecule has 1 fully saturated rings. The molecule has 16 heavy (non-hydrogen) atoms. The minimum atomic E-state index is -2.36. The monoisotopic (exact) mass is 234 g/mol. The van der Waals surface area contributed by atoms with Crippen LogP contribution in [0.25, 0.3) is 0 Å². The van der Waals surface area contributed by atoms with Crippen molar-refractivity contribution >= 4 is 30.0 Å². The van der Waals surface area contributed by atoms with Gasteiger partial charge >= 0.3 is 0 Å². The Morgan fingerprint density at radius 2 is 2.19 bits per heavy atom. The molecule has 1 heterocycles. The fourth-order valence-electron chi connectivity index (χ4n) is 2.52. The lowest BCUT2D eigenvalue weighted by Gasteiger charge is -2.18. The van der Waals surface area contributed by atoms with E-state index < -0.39 is 7.14 Å². The van der Waals surface area contributed by atoms with Gasteiger partial charge in [0.15, 0.2) is 0 Å². The van der Waals surface area contributed by atoms with Crippen molar-refractivity contribution in [2.45, 2.75) is 12.3 Å². The quantitative estimate of drug-likeness (QED) is 0.599. The molecule has 0 radical (unpaired) electrons. The molecule has 0 spiro atoms. The molecule has 2 atom stereocenters. The summed E-state index contributed by atoms with van der Waals surface area (Å²) in [6.45, 7) is 3.51. The van der Waals surface area contributed by atoms with E-state index in [-0.39, 0.29) is 0 Å². The summed E-state index contributed by atoms with van der Waals surface area (Å²) in [5.74, 6) is 1.20. The molecule has 3 nitrogen and oxygen atoms in total. The van der Waals surface area contributed by atoms with E-state index in [0.717, 1.165) is 11.0 Å². The van der Waals surface area contributed by atoms with Crippen molar-refractivity contribution in [3.05, 3.63) is 17.7 Å². The predicted octanol–water partition coefficient (Wildman–Crippen LogP) is 2.34. The Kier molecular flexibility index (Phi) is 1.88. The van der Waals surface area contributed by atoms with Gasteiger partial charge in [-0.25, -0.2) is 0 Å². The molecule has 1 aliphatic carbocycles. The molecular weight excluding hydrogens is 219 g/mol. The standard InChI is InChI=1S/C12H15N2OP/c1-16(2,15)12-10(13)4-3-8-9-5-7(9)6-14-11(8)12/h3-4,6-7,9H,5,13H2,1-2H3. The summed E-state index contributed by atoms with van der Waals surface area (Å²) in [7, 11) is -2.36. The van der Waals surface area contributed by atoms with Gasteiger partial charge in [-0.1, -0.05) is 6.07 Å². The van der Waals surface area contributed by atoms with Crippen molar-refractivity contribution in [3.8, 4) is 0 Å². The number of nitrogen functional groups attached to an aromatic ring is 1. The van der Waals surface area contributed by atoms with E-state index in [1.807, 2.05) is 18.3 Å². The molecule has 0 bridgehead atoms. The molecule has 1 saturated carbocycles. The second-order valence-electron chi connectivity index (χ2n) is 5.08. The highest BCUT2D eigenvalue weighted by Crippen LogP contribution is 2.54. The highest BCUT2D eigenvalue weighted by atomic mass is 31.2. The van der Waals surface area contributed by atoms with E-state index in [4.69, 9.17) is 5.73 Å². The summed E-state index contributed by atoms with van der Waals surface area (Å²) in [4.78, 5) is 4.47. The Morgan fingerprint density at radius 3 is 2.88 bits per heavy atom. The van der Waals surface area contributed by atoms with Gasteiger partial charge in [-0.15, -0.1) is 0 Å². The van der Waals surface area contributed by atoms with E-state index in [0.29, 0.717) is 17.5 Å².